The number of ether oxygens (including phenoxy) is 3. The van der Waals surface area contributed by atoms with Crippen LogP contribution in [0.5, 0.6) is 5.75 Å². The number of hydrogen-bond donors (Lipinski definition) is 1. The number of carbonyl (C=O) groups excluding carboxylic acids is 2. The maximum Gasteiger partial charge on any atom is 0.407 e. The number of aryl methyl sites for hydroxylation is 1. The number of para-hydroxylation sites is 1. The lowest BCUT2D eigenvalue weighted by atomic mass is 9.99. The van der Waals surface area contributed by atoms with Crippen molar-refractivity contribution in [3.05, 3.63) is 89.0 Å². The Balaban J connectivity index is 1.70. The molecule has 6 heteroatoms. The molecule has 0 bridgehead atoms. The fourth-order valence-electron chi connectivity index (χ4n) is 3.95. The Morgan fingerprint density at radius 1 is 0.763 bits per heavy atom. The molecule has 0 saturated heterocycles. The van der Waals surface area contributed by atoms with Crippen molar-refractivity contribution >= 4 is 12.1 Å². The first-order valence-electron chi connectivity index (χ1n) is 12.9. The van der Waals surface area contributed by atoms with Crippen LogP contribution in [0.15, 0.2) is 66.7 Å². The van der Waals surface area contributed by atoms with Gasteiger partial charge in [0.1, 0.15) is 23.6 Å². The van der Waals surface area contributed by atoms with Crippen LogP contribution in [0, 0.1) is 6.92 Å². The minimum Gasteiger partial charge on any atom is -0.489 e. The molecule has 3 rings (SSSR count). The highest BCUT2D eigenvalue weighted by atomic mass is 16.6. The molecule has 0 saturated carbocycles. The highest BCUT2D eigenvalue weighted by Gasteiger charge is 2.18. The standard InChI is InChI=1S/C32H39NO5/c1-22-15-24(21-36-28-14-9-8-12-26(28)19-29(34)37-31(2,3)4)18-27(16-22)25-13-10-11-23(17-25)20-33-30(35)38-32(5,6)7/h8-18H,19-21H2,1-7H3,(H,33,35). The minimum absolute atomic E-state index is 0.149. The summed E-state index contributed by atoms with van der Waals surface area (Å²) in [5.74, 6) is 0.379. The van der Waals surface area contributed by atoms with E-state index in [0.717, 1.165) is 33.4 Å². The third-order valence-corrected chi connectivity index (χ3v) is 5.35. The van der Waals surface area contributed by atoms with Crippen molar-refractivity contribution < 1.29 is 23.8 Å². The van der Waals surface area contributed by atoms with Crippen LogP contribution in [-0.2, 0) is 33.8 Å². The summed E-state index contributed by atoms with van der Waals surface area (Å²) in [7, 11) is 0. The minimum atomic E-state index is -0.539. The van der Waals surface area contributed by atoms with Crippen molar-refractivity contribution in [3.8, 4) is 16.9 Å². The van der Waals surface area contributed by atoms with Gasteiger partial charge >= 0.3 is 12.1 Å². The van der Waals surface area contributed by atoms with E-state index in [-0.39, 0.29) is 12.4 Å². The monoisotopic (exact) mass is 517 g/mol. The van der Waals surface area contributed by atoms with Crippen LogP contribution in [0.4, 0.5) is 4.79 Å². The first-order valence-corrected chi connectivity index (χ1v) is 12.9. The van der Waals surface area contributed by atoms with Gasteiger partial charge in [0.25, 0.3) is 0 Å². The van der Waals surface area contributed by atoms with Gasteiger partial charge < -0.3 is 19.5 Å². The fourth-order valence-corrected chi connectivity index (χ4v) is 3.95. The summed E-state index contributed by atoms with van der Waals surface area (Å²) < 4.78 is 17.0. The van der Waals surface area contributed by atoms with Crippen molar-refractivity contribution in [2.45, 2.75) is 79.2 Å². The van der Waals surface area contributed by atoms with Crippen molar-refractivity contribution in [1.29, 1.82) is 0 Å². The molecule has 3 aromatic rings. The average molecular weight is 518 g/mol. The molecular weight excluding hydrogens is 478 g/mol. The summed E-state index contributed by atoms with van der Waals surface area (Å²) in [6, 6.07) is 21.9. The molecule has 0 aliphatic heterocycles. The van der Waals surface area contributed by atoms with Gasteiger partial charge in [-0.2, -0.15) is 0 Å². The van der Waals surface area contributed by atoms with Gasteiger partial charge in [-0.25, -0.2) is 4.79 Å². The molecule has 0 radical (unpaired) electrons. The van der Waals surface area contributed by atoms with E-state index in [2.05, 4.69) is 36.5 Å². The van der Waals surface area contributed by atoms with Crippen LogP contribution in [0.2, 0.25) is 0 Å². The third-order valence-electron chi connectivity index (χ3n) is 5.35. The van der Waals surface area contributed by atoms with E-state index in [0.29, 0.717) is 18.9 Å². The van der Waals surface area contributed by atoms with Gasteiger partial charge in [0.05, 0.1) is 6.42 Å². The summed E-state index contributed by atoms with van der Waals surface area (Å²) in [6.07, 6.45) is -0.291. The van der Waals surface area contributed by atoms with Crippen LogP contribution >= 0.6 is 0 Å². The van der Waals surface area contributed by atoms with Crippen molar-refractivity contribution in [3.63, 3.8) is 0 Å². The molecule has 0 heterocycles. The van der Waals surface area contributed by atoms with E-state index >= 15 is 0 Å². The summed E-state index contributed by atoms with van der Waals surface area (Å²) in [5.41, 5.74) is 4.93. The number of nitrogens with one attached hydrogen (secondary N) is 1. The van der Waals surface area contributed by atoms with Crippen LogP contribution in [0.25, 0.3) is 11.1 Å². The van der Waals surface area contributed by atoms with Gasteiger partial charge in [0.2, 0.25) is 0 Å². The Morgan fingerprint density at radius 2 is 1.45 bits per heavy atom. The molecule has 0 unspecified atom stereocenters. The Morgan fingerprint density at radius 3 is 2.16 bits per heavy atom. The van der Waals surface area contributed by atoms with Gasteiger partial charge in [-0.15, -0.1) is 0 Å². The maximum atomic E-state index is 12.4. The summed E-state index contributed by atoms with van der Waals surface area (Å²) in [5, 5.41) is 2.81. The molecule has 0 aliphatic rings. The summed E-state index contributed by atoms with van der Waals surface area (Å²) in [6.45, 7) is 13.9. The lowest BCUT2D eigenvalue weighted by molar-refractivity contribution is -0.153. The van der Waals surface area contributed by atoms with Gasteiger partial charge in [-0.05, 0) is 88.9 Å². The van der Waals surface area contributed by atoms with E-state index < -0.39 is 17.3 Å². The predicted octanol–water partition coefficient (Wildman–Crippen LogP) is 7.15. The van der Waals surface area contributed by atoms with Crippen LogP contribution in [0.3, 0.4) is 0 Å². The van der Waals surface area contributed by atoms with E-state index in [1.54, 1.807) is 0 Å². The number of esters is 1. The molecule has 6 nitrogen and oxygen atoms in total. The molecular formula is C32H39NO5. The lowest BCUT2D eigenvalue weighted by Gasteiger charge is -2.20. The van der Waals surface area contributed by atoms with Crippen molar-refractivity contribution in [2.24, 2.45) is 0 Å². The predicted molar refractivity (Wildman–Crippen MR) is 150 cm³/mol. The van der Waals surface area contributed by atoms with E-state index in [4.69, 9.17) is 14.2 Å². The number of alkyl carbamates (subject to hydrolysis) is 1. The topological polar surface area (TPSA) is 73.9 Å². The third kappa shape index (κ3) is 9.58. The summed E-state index contributed by atoms with van der Waals surface area (Å²) in [4.78, 5) is 24.4. The molecule has 0 aromatic heterocycles. The Bertz CT molecular complexity index is 1270. The Kier molecular flexibility index (Phi) is 9.21. The lowest BCUT2D eigenvalue weighted by Crippen LogP contribution is -2.32. The van der Waals surface area contributed by atoms with Crippen molar-refractivity contribution in [2.75, 3.05) is 0 Å². The Labute approximate surface area is 226 Å². The van der Waals surface area contributed by atoms with Crippen molar-refractivity contribution in [1.82, 2.24) is 5.32 Å². The molecule has 38 heavy (non-hydrogen) atoms. The second-order valence-corrected chi connectivity index (χ2v) is 11.4. The number of rotatable bonds is 8. The number of amides is 1. The quantitative estimate of drug-likeness (QED) is 0.321. The second kappa shape index (κ2) is 12.2. The van der Waals surface area contributed by atoms with Crippen LogP contribution < -0.4 is 10.1 Å². The molecule has 3 aromatic carbocycles. The zero-order valence-corrected chi connectivity index (χ0v) is 23.5. The molecule has 1 N–H and O–H groups in total. The zero-order chi connectivity index (χ0) is 27.9. The molecule has 202 valence electrons. The van der Waals surface area contributed by atoms with Crippen LogP contribution in [-0.4, -0.2) is 23.3 Å². The first-order chi connectivity index (χ1) is 17.8. The van der Waals surface area contributed by atoms with E-state index in [1.165, 1.54) is 0 Å². The van der Waals surface area contributed by atoms with Gasteiger partial charge in [0.15, 0.2) is 0 Å². The highest BCUT2D eigenvalue weighted by Crippen LogP contribution is 2.26. The smallest absolute Gasteiger partial charge is 0.407 e. The van der Waals surface area contributed by atoms with E-state index in [9.17, 15) is 9.59 Å². The average Bonchev–Trinajstić information content (AvgIpc) is 2.80. The Hall–Kier alpha value is -3.80. The van der Waals surface area contributed by atoms with Gasteiger partial charge in [0, 0.05) is 12.1 Å². The molecule has 0 atom stereocenters. The largest absolute Gasteiger partial charge is 0.489 e. The first kappa shape index (κ1) is 28.8. The molecule has 0 aliphatic carbocycles. The number of carbonyl (C=O) groups is 2. The summed E-state index contributed by atoms with van der Waals surface area (Å²) >= 11 is 0. The normalized spacial score (nSPS) is 11.6. The van der Waals surface area contributed by atoms with Gasteiger partial charge in [-0.3, -0.25) is 4.79 Å². The van der Waals surface area contributed by atoms with Gasteiger partial charge in [-0.1, -0.05) is 54.1 Å². The van der Waals surface area contributed by atoms with E-state index in [1.807, 2.05) is 84.0 Å². The zero-order valence-electron chi connectivity index (χ0n) is 23.5. The number of benzene rings is 3. The number of hydrogen-bond acceptors (Lipinski definition) is 5. The second-order valence-electron chi connectivity index (χ2n) is 11.4. The maximum absolute atomic E-state index is 12.4. The SMILES string of the molecule is Cc1cc(COc2ccccc2CC(=O)OC(C)(C)C)cc(-c2cccc(CNC(=O)OC(C)(C)C)c2)c1. The molecule has 0 spiro atoms. The fraction of sp³-hybridized carbons (Fsp3) is 0.375. The molecule has 0 fully saturated rings. The molecule has 1 amide bonds. The van der Waals surface area contributed by atoms with Crippen LogP contribution in [0.1, 0.15) is 63.8 Å². The highest BCUT2D eigenvalue weighted by molar-refractivity contribution is 5.74.